The molecule has 0 spiro atoms. The normalized spacial score (nSPS) is 12.4. The highest BCUT2D eigenvalue weighted by molar-refractivity contribution is 7.98. The molecule has 1 aromatic heterocycles. The summed E-state index contributed by atoms with van der Waals surface area (Å²) in [7, 11) is 0. The molecule has 2 N–H and O–H groups in total. The minimum Gasteiger partial charge on any atom is -0.478 e. The molecule has 0 saturated heterocycles. The van der Waals surface area contributed by atoms with Gasteiger partial charge in [0, 0.05) is 17.6 Å². The summed E-state index contributed by atoms with van der Waals surface area (Å²) in [6.07, 6.45) is 1.65. The average molecular weight is 319 g/mol. The predicted molar refractivity (Wildman–Crippen MR) is 79.3 cm³/mol. The van der Waals surface area contributed by atoms with Crippen LogP contribution in [0.25, 0.3) is 0 Å². The van der Waals surface area contributed by atoms with Crippen molar-refractivity contribution in [2.45, 2.75) is 18.1 Å². The van der Waals surface area contributed by atoms with Crippen molar-refractivity contribution in [2.24, 2.45) is 0 Å². The molecule has 0 bridgehead atoms. The lowest BCUT2D eigenvalue weighted by Gasteiger charge is -2.15. The number of aromatic amines is 2. The number of thioether (sulfide) groups is 1. The van der Waals surface area contributed by atoms with Crippen LogP contribution in [-0.2, 0) is 5.75 Å². The van der Waals surface area contributed by atoms with Crippen LogP contribution in [0.1, 0.15) is 12.6 Å². The molecule has 4 nitrogen and oxygen atoms in total. The molecule has 2 aromatic rings. The maximum Gasteiger partial charge on any atom is 0.323 e. The van der Waals surface area contributed by atoms with E-state index >= 15 is 0 Å². The zero-order valence-electron chi connectivity index (χ0n) is 10.1. The second-order valence-corrected chi connectivity index (χ2v) is 5.89. The lowest BCUT2D eigenvalue weighted by Crippen LogP contribution is -2.08. The Bertz CT molecular complexity index is 612. The molecule has 1 heterocycles. The molecule has 2 rings (SSSR count). The van der Waals surface area contributed by atoms with Crippen LogP contribution in [0.3, 0.4) is 0 Å². The largest absolute Gasteiger partial charge is 0.478 e. The van der Waals surface area contributed by atoms with Crippen molar-refractivity contribution in [3.8, 4) is 5.75 Å². The monoisotopic (exact) mass is 318 g/mol. The molecule has 19 heavy (non-hydrogen) atoms. The second kappa shape index (κ2) is 6.41. The average Bonchev–Trinajstić information content (AvgIpc) is 2.78. The van der Waals surface area contributed by atoms with Crippen LogP contribution in [0.4, 0.5) is 0 Å². The fourth-order valence-electron chi connectivity index (χ4n) is 1.44. The summed E-state index contributed by atoms with van der Waals surface area (Å²) >= 11 is 13.5. The SMILES string of the molecule is CC(Oc1cccc(Cl)c1Cl)SCc1c[nH]c(=O)[nH]1. The Labute approximate surface area is 124 Å². The minimum atomic E-state index is -0.206. The van der Waals surface area contributed by atoms with E-state index in [0.29, 0.717) is 21.5 Å². The van der Waals surface area contributed by atoms with E-state index in [1.54, 1.807) is 24.4 Å². The van der Waals surface area contributed by atoms with Crippen molar-refractivity contribution in [1.29, 1.82) is 0 Å². The van der Waals surface area contributed by atoms with Gasteiger partial charge in [-0.1, -0.05) is 29.3 Å². The van der Waals surface area contributed by atoms with Crippen molar-refractivity contribution in [1.82, 2.24) is 9.97 Å². The Balaban J connectivity index is 1.92. The zero-order chi connectivity index (χ0) is 13.8. The van der Waals surface area contributed by atoms with Crippen LogP contribution in [0, 0.1) is 0 Å². The first kappa shape index (κ1) is 14.4. The number of hydrogen-bond acceptors (Lipinski definition) is 3. The summed E-state index contributed by atoms with van der Waals surface area (Å²) in [5.41, 5.74) is 0.499. The molecule has 1 unspecified atom stereocenters. The van der Waals surface area contributed by atoms with Crippen LogP contribution in [0.15, 0.2) is 29.2 Å². The number of H-pyrrole nitrogens is 2. The number of imidazole rings is 1. The highest BCUT2D eigenvalue weighted by Gasteiger charge is 2.10. The Morgan fingerprint density at radius 2 is 2.21 bits per heavy atom. The van der Waals surface area contributed by atoms with Gasteiger partial charge >= 0.3 is 5.69 Å². The molecular formula is C12H12Cl2N2O2S. The van der Waals surface area contributed by atoms with Gasteiger partial charge in [0.05, 0.1) is 5.02 Å². The van der Waals surface area contributed by atoms with Crippen molar-refractivity contribution in [3.63, 3.8) is 0 Å². The standard InChI is InChI=1S/C12H12Cl2N2O2S/c1-7(19-6-8-5-15-12(17)16-8)18-10-4-2-3-9(13)11(10)14/h2-5,7H,6H2,1H3,(H2,15,16,17). The van der Waals surface area contributed by atoms with Crippen LogP contribution < -0.4 is 10.4 Å². The number of ether oxygens (including phenoxy) is 1. The van der Waals surface area contributed by atoms with E-state index in [1.807, 2.05) is 6.92 Å². The number of rotatable bonds is 5. The van der Waals surface area contributed by atoms with Gasteiger partial charge in [-0.3, -0.25) is 0 Å². The first-order valence-electron chi connectivity index (χ1n) is 5.55. The van der Waals surface area contributed by atoms with Crippen molar-refractivity contribution < 1.29 is 4.74 Å². The van der Waals surface area contributed by atoms with E-state index < -0.39 is 0 Å². The third-order valence-electron chi connectivity index (χ3n) is 2.33. The fourth-order valence-corrected chi connectivity index (χ4v) is 2.52. The summed E-state index contributed by atoms with van der Waals surface area (Å²) in [5.74, 6) is 1.19. The molecule has 102 valence electrons. The fraction of sp³-hybridized carbons (Fsp3) is 0.250. The van der Waals surface area contributed by atoms with Crippen molar-refractivity contribution in [3.05, 3.63) is 50.6 Å². The second-order valence-electron chi connectivity index (χ2n) is 3.82. The number of benzene rings is 1. The molecule has 1 atom stereocenters. The molecular weight excluding hydrogens is 307 g/mol. The molecule has 0 amide bonds. The van der Waals surface area contributed by atoms with Gasteiger partial charge in [0.2, 0.25) is 0 Å². The molecule has 1 aromatic carbocycles. The highest BCUT2D eigenvalue weighted by Crippen LogP contribution is 2.33. The molecule has 7 heteroatoms. The van der Waals surface area contributed by atoms with E-state index in [2.05, 4.69) is 9.97 Å². The first-order chi connectivity index (χ1) is 9.06. The topological polar surface area (TPSA) is 57.9 Å². The number of halogens is 2. The quantitative estimate of drug-likeness (QED) is 0.827. The van der Waals surface area contributed by atoms with Crippen LogP contribution >= 0.6 is 35.0 Å². The third-order valence-corrected chi connectivity index (χ3v) is 4.18. The molecule has 0 fully saturated rings. The van der Waals surface area contributed by atoms with Gasteiger partial charge in [-0.2, -0.15) is 0 Å². The van der Waals surface area contributed by atoms with Gasteiger partial charge in [0.1, 0.15) is 16.2 Å². The Morgan fingerprint density at radius 3 is 2.89 bits per heavy atom. The highest BCUT2D eigenvalue weighted by atomic mass is 35.5. The predicted octanol–water partition coefficient (Wildman–Crippen LogP) is 3.67. The molecule has 0 aliphatic carbocycles. The molecule has 0 radical (unpaired) electrons. The van der Waals surface area contributed by atoms with Gasteiger partial charge in [0.25, 0.3) is 0 Å². The summed E-state index contributed by atoms with van der Waals surface area (Å²) < 4.78 is 5.70. The van der Waals surface area contributed by atoms with Gasteiger partial charge in [-0.25, -0.2) is 4.79 Å². The van der Waals surface area contributed by atoms with Gasteiger partial charge in [-0.15, -0.1) is 11.8 Å². The molecule has 0 saturated carbocycles. The molecule has 0 aliphatic heterocycles. The Morgan fingerprint density at radius 1 is 1.42 bits per heavy atom. The van der Waals surface area contributed by atoms with E-state index in [1.165, 1.54) is 11.8 Å². The van der Waals surface area contributed by atoms with Crippen molar-refractivity contribution in [2.75, 3.05) is 0 Å². The van der Waals surface area contributed by atoms with Crippen LogP contribution in [-0.4, -0.2) is 15.4 Å². The molecule has 0 aliphatic rings. The van der Waals surface area contributed by atoms with Gasteiger partial charge in [0.15, 0.2) is 0 Å². The first-order valence-corrected chi connectivity index (χ1v) is 7.35. The number of aromatic nitrogens is 2. The summed E-state index contributed by atoms with van der Waals surface area (Å²) in [5, 5.41) is 0.873. The third kappa shape index (κ3) is 3.96. The lowest BCUT2D eigenvalue weighted by atomic mass is 10.3. The minimum absolute atomic E-state index is 0.116. The summed E-state index contributed by atoms with van der Waals surface area (Å²) in [6, 6.07) is 5.26. The maximum atomic E-state index is 10.9. The van der Waals surface area contributed by atoms with E-state index in [-0.39, 0.29) is 11.1 Å². The Hall–Kier alpha value is -1.04. The summed E-state index contributed by atoms with van der Waals surface area (Å²) in [4.78, 5) is 16.2. The maximum absolute atomic E-state index is 10.9. The van der Waals surface area contributed by atoms with E-state index in [0.717, 1.165) is 5.69 Å². The lowest BCUT2D eigenvalue weighted by molar-refractivity contribution is 0.308. The Kier molecular flexibility index (Phi) is 4.85. The zero-order valence-corrected chi connectivity index (χ0v) is 12.4. The number of hydrogen-bond donors (Lipinski definition) is 2. The van der Waals surface area contributed by atoms with Crippen LogP contribution in [0.5, 0.6) is 5.75 Å². The van der Waals surface area contributed by atoms with E-state index in [4.69, 9.17) is 27.9 Å². The van der Waals surface area contributed by atoms with Crippen molar-refractivity contribution >= 4 is 35.0 Å². The smallest absolute Gasteiger partial charge is 0.323 e. The van der Waals surface area contributed by atoms with Gasteiger partial charge in [-0.05, 0) is 19.1 Å². The number of nitrogens with one attached hydrogen (secondary N) is 2. The summed E-state index contributed by atoms with van der Waals surface area (Å²) in [6.45, 7) is 1.91. The van der Waals surface area contributed by atoms with E-state index in [9.17, 15) is 4.79 Å². The van der Waals surface area contributed by atoms with Crippen LogP contribution in [0.2, 0.25) is 10.0 Å². The van der Waals surface area contributed by atoms with Gasteiger partial charge < -0.3 is 14.7 Å².